The molecule has 4 rings (SSSR count). The first-order chi connectivity index (χ1) is 11.7. The average Bonchev–Trinajstić information content (AvgIpc) is 2.96. The molecule has 0 bridgehead atoms. The molecule has 0 unspecified atom stereocenters. The molecule has 4 aromatic rings. The summed E-state index contributed by atoms with van der Waals surface area (Å²) in [7, 11) is 0. The van der Waals surface area contributed by atoms with Crippen LogP contribution >= 0.6 is 11.6 Å². The minimum Gasteiger partial charge on any atom is -0.507 e. The van der Waals surface area contributed by atoms with E-state index in [1.807, 2.05) is 53.1 Å². The van der Waals surface area contributed by atoms with Crippen molar-refractivity contribution in [2.24, 2.45) is 0 Å². The molecule has 2 heterocycles. The molecule has 0 fully saturated rings. The number of hydrogen-bond donors (Lipinski definition) is 2. The average molecular weight is 337 g/mol. The van der Waals surface area contributed by atoms with Gasteiger partial charge in [-0.15, -0.1) is 0 Å². The number of nitrogens with one attached hydrogen (secondary N) is 1. The molecule has 0 atom stereocenters. The number of aromatic hydroxyl groups is 1. The molecule has 0 aliphatic heterocycles. The van der Waals surface area contributed by atoms with E-state index in [9.17, 15) is 5.11 Å². The third-order valence-electron chi connectivity index (χ3n) is 3.67. The molecule has 5 nitrogen and oxygen atoms in total. The van der Waals surface area contributed by atoms with Crippen molar-refractivity contribution in [1.29, 1.82) is 0 Å². The molecule has 2 aromatic carbocycles. The van der Waals surface area contributed by atoms with Crippen LogP contribution in [0.5, 0.6) is 5.75 Å². The summed E-state index contributed by atoms with van der Waals surface area (Å²) in [4.78, 5) is 8.84. The minimum atomic E-state index is 0.167. The van der Waals surface area contributed by atoms with E-state index in [0.717, 1.165) is 11.5 Å². The van der Waals surface area contributed by atoms with Crippen LogP contribution in [-0.2, 0) is 0 Å². The van der Waals surface area contributed by atoms with Crippen LogP contribution in [0.1, 0.15) is 0 Å². The fourth-order valence-electron chi connectivity index (χ4n) is 2.54. The van der Waals surface area contributed by atoms with E-state index in [4.69, 9.17) is 11.6 Å². The zero-order chi connectivity index (χ0) is 16.5. The molecule has 0 aliphatic rings. The van der Waals surface area contributed by atoms with E-state index in [-0.39, 0.29) is 5.75 Å². The topological polar surface area (TPSA) is 62.5 Å². The van der Waals surface area contributed by atoms with Gasteiger partial charge in [-0.2, -0.15) is 0 Å². The number of nitrogens with zero attached hydrogens (tertiary/aromatic N) is 3. The predicted octanol–water partition coefficient (Wildman–Crippen LogP) is 4.50. The van der Waals surface area contributed by atoms with E-state index >= 15 is 0 Å². The Morgan fingerprint density at radius 3 is 2.58 bits per heavy atom. The number of benzene rings is 2. The molecule has 118 valence electrons. The number of hydrogen-bond acceptors (Lipinski definition) is 4. The van der Waals surface area contributed by atoms with Crippen molar-refractivity contribution in [1.82, 2.24) is 14.4 Å². The van der Waals surface area contributed by atoms with Crippen molar-refractivity contribution in [3.8, 4) is 17.0 Å². The van der Waals surface area contributed by atoms with Crippen molar-refractivity contribution in [3.63, 3.8) is 0 Å². The number of fused-ring (bicyclic) bond motifs is 1. The van der Waals surface area contributed by atoms with Gasteiger partial charge in [-0.1, -0.05) is 23.7 Å². The van der Waals surface area contributed by atoms with Crippen LogP contribution in [0.2, 0.25) is 5.02 Å². The number of phenolic OH excluding ortho intramolecular Hbond substituents is 1. The Bertz CT molecular complexity index is 1010. The first kappa shape index (κ1) is 14.5. The van der Waals surface area contributed by atoms with E-state index < -0.39 is 0 Å². The van der Waals surface area contributed by atoms with E-state index in [0.29, 0.717) is 22.1 Å². The predicted molar refractivity (Wildman–Crippen MR) is 94.8 cm³/mol. The minimum absolute atomic E-state index is 0.167. The van der Waals surface area contributed by atoms with Crippen LogP contribution in [-0.4, -0.2) is 19.5 Å². The summed E-state index contributed by atoms with van der Waals surface area (Å²) >= 11 is 5.95. The molecular weight excluding hydrogens is 324 g/mol. The molecule has 0 spiro atoms. The summed E-state index contributed by atoms with van der Waals surface area (Å²) in [6, 6.07) is 16.3. The lowest BCUT2D eigenvalue weighted by molar-refractivity contribution is 0.477. The number of para-hydroxylation sites is 1. The normalized spacial score (nSPS) is 10.9. The molecule has 0 radical (unpaired) electrons. The fourth-order valence-corrected chi connectivity index (χ4v) is 2.66. The van der Waals surface area contributed by atoms with Gasteiger partial charge < -0.3 is 10.4 Å². The second-order valence-electron chi connectivity index (χ2n) is 5.25. The van der Waals surface area contributed by atoms with Gasteiger partial charge in [0.2, 0.25) is 5.78 Å². The maximum atomic E-state index is 10.2. The molecule has 24 heavy (non-hydrogen) atoms. The monoisotopic (exact) mass is 336 g/mol. The van der Waals surface area contributed by atoms with Gasteiger partial charge in [-0.05, 0) is 42.5 Å². The molecular formula is C18H13ClN4O. The molecule has 0 aliphatic carbocycles. The Balaban J connectivity index is 1.90. The SMILES string of the molecule is Oc1ccccc1-c1nc2ncccn2c1Nc1ccc(Cl)cc1. The first-order valence-electron chi connectivity index (χ1n) is 7.36. The molecule has 2 aromatic heterocycles. The lowest BCUT2D eigenvalue weighted by atomic mass is 10.1. The smallest absolute Gasteiger partial charge is 0.235 e. The Labute approximate surface area is 143 Å². The van der Waals surface area contributed by atoms with Gasteiger partial charge in [0.1, 0.15) is 17.3 Å². The third kappa shape index (κ3) is 2.55. The standard InChI is InChI=1S/C18H13ClN4O/c19-12-6-8-13(9-7-12)21-17-16(14-4-1-2-5-15(14)24)22-18-20-10-3-11-23(17)18/h1-11,21,24H. The Morgan fingerprint density at radius 1 is 1.00 bits per heavy atom. The van der Waals surface area contributed by atoms with Crippen molar-refractivity contribution in [3.05, 3.63) is 72.0 Å². The van der Waals surface area contributed by atoms with Crippen molar-refractivity contribution < 1.29 is 5.11 Å². The summed E-state index contributed by atoms with van der Waals surface area (Å²) in [6.45, 7) is 0. The Kier molecular flexibility index (Phi) is 3.55. The van der Waals surface area contributed by atoms with Gasteiger partial charge in [-0.25, -0.2) is 9.97 Å². The highest BCUT2D eigenvalue weighted by Gasteiger charge is 2.17. The molecule has 0 saturated carbocycles. The summed E-state index contributed by atoms with van der Waals surface area (Å²) in [6.07, 6.45) is 3.56. The second-order valence-corrected chi connectivity index (χ2v) is 5.68. The van der Waals surface area contributed by atoms with Gasteiger partial charge in [0, 0.05) is 28.7 Å². The summed E-state index contributed by atoms with van der Waals surface area (Å²) < 4.78 is 1.84. The van der Waals surface area contributed by atoms with Gasteiger partial charge in [0.05, 0.1) is 0 Å². The molecule has 0 amide bonds. The van der Waals surface area contributed by atoms with E-state index in [1.54, 1.807) is 18.3 Å². The van der Waals surface area contributed by atoms with Crippen LogP contribution in [0.25, 0.3) is 17.0 Å². The third-order valence-corrected chi connectivity index (χ3v) is 3.92. The first-order valence-corrected chi connectivity index (χ1v) is 7.74. The van der Waals surface area contributed by atoms with Crippen LogP contribution in [0.3, 0.4) is 0 Å². The van der Waals surface area contributed by atoms with Crippen molar-refractivity contribution in [2.45, 2.75) is 0 Å². The summed E-state index contributed by atoms with van der Waals surface area (Å²) in [5.74, 6) is 1.44. The quantitative estimate of drug-likeness (QED) is 0.578. The lowest BCUT2D eigenvalue weighted by Gasteiger charge is -2.09. The zero-order valence-corrected chi connectivity index (χ0v) is 13.3. The Hall–Kier alpha value is -3.05. The largest absolute Gasteiger partial charge is 0.507 e. The molecule has 0 saturated heterocycles. The number of phenols is 1. The van der Waals surface area contributed by atoms with Gasteiger partial charge in [0.15, 0.2) is 0 Å². The number of halogens is 1. The van der Waals surface area contributed by atoms with Crippen LogP contribution in [0.15, 0.2) is 67.0 Å². The highest BCUT2D eigenvalue weighted by molar-refractivity contribution is 6.30. The summed E-state index contributed by atoms with van der Waals surface area (Å²) in [5.41, 5.74) is 2.13. The van der Waals surface area contributed by atoms with Gasteiger partial charge in [-0.3, -0.25) is 4.40 Å². The Morgan fingerprint density at radius 2 is 1.79 bits per heavy atom. The van der Waals surface area contributed by atoms with Gasteiger partial charge >= 0.3 is 0 Å². The van der Waals surface area contributed by atoms with Crippen LogP contribution in [0, 0.1) is 0 Å². The highest BCUT2D eigenvalue weighted by Crippen LogP contribution is 2.35. The highest BCUT2D eigenvalue weighted by atomic mass is 35.5. The van der Waals surface area contributed by atoms with Crippen molar-refractivity contribution in [2.75, 3.05) is 5.32 Å². The van der Waals surface area contributed by atoms with Crippen LogP contribution in [0.4, 0.5) is 11.5 Å². The number of anilines is 2. The zero-order valence-electron chi connectivity index (χ0n) is 12.5. The molecule has 6 heteroatoms. The maximum Gasteiger partial charge on any atom is 0.235 e. The van der Waals surface area contributed by atoms with E-state index in [1.165, 1.54) is 0 Å². The number of rotatable bonds is 3. The molecule has 2 N–H and O–H groups in total. The number of imidazole rings is 1. The summed E-state index contributed by atoms with van der Waals surface area (Å²) in [5, 5.41) is 14.2. The van der Waals surface area contributed by atoms with Crippen molar-refractivity contribution >= 4 is 28.9 Å². The number of aromatic nitrogens is 3. The van der Waals surface area contributed by atoms with E-state index in [2.05, 4.69) is 15.3 Å². The second kappa shape index (κ2) is 5.86. The lowest BCUT2D eigenvalue weighted by Crippen LogP contribution is -1.97. The van der Waals surface area contributed by atoms with Crippen LogP contribution < -0.4 is 5.32 Å². The fraction of sp³-hybridized carbons (Fsp3) is 0. The van der Waals surface area contributed by atoms with Gasteiger partial charge in [0.25, 0.3) is 0 Å². The maximum absolute atomic E-state index is 10.2.